The molecule has 0 radical (unpaired) electrons. The van der Waals surface area contributed by atoms with E-state index in [9.17, 15) is 0 Å². The Hall–Kier alpha value is -0.0800. The van der Waals surface area contributed by atoms with Crippen molar-refractivity contribution in [3.63, 3.8) is 0 Å². The van der Waals surface area contributed by atoms with E-state index in [0.717, 1.165) is 6.61 Å². The van der Waals surface area contributed by atoms with Gasteiger partial charge >= 0.3 is 0 Å². The van der Waals surface area contributed by atoms with E-state index < -0.39 is 0 Å². The van der Waals surface area contributed by atoms with Gasteiger partial charge in [0.15, 0.2) is 0 Å². The number of hydrogen-bond donors (Lipinski definition) is 1. The zero-order chi connectivity index (χ0) is 11.9. The topological polar surface area (TPSA) is 21.3 Å². The smallest absolute Gasteiger partial charge is 0.0615 e. The highest BCUT2D eigenvalue weighted by molar-refractivity contribution is 4.95. The van der Waals surface area contributed by atoms with Crippen LogP contribution in [0.15, 0.2) is 0 Å². The standard InChI is InChI=1S/C14H29NO/c1-4-6-7-13(11-16-3)15-12-14(8-5-2)9-10-14/h13,15H,4-12H2,1-3H3. The number of methoxy groups -OCH3 is 1. The summed E-state index contributed by atoms with van der Waals surface area (Å²) in [4.78, 5) is 0. The van der Waals surface area contributed by atoms with Crippen molar-refractivity contribution in [3.8, 4) is 0 Å². The first-order valence-corrected chi connectivity index (χ1v) is 6.98. The fourth-order valence-corrected chi connectivity index (χ4v) is 2.48. The predicted molar refractivity (Wildman–Crippen MR) is 69.8 cm³/mol. The van der Waals surface area contributed by atoms with Gasteiger partial charge in [-0.3, -0.25) is 0 Å². The molecule has 2 heteroatoms. The van der Waals surface area contributed by atoms with Gasteiger partial charge in [-0.25, -0.2) is 0 Å². The highest BCUT2D eigenvalue weighted by Crippen LogP contribution is 2.49. The molecular weight excluding hydrogens is 198 g/mol. The van der Waals surface area contributed by atoms with E-state index in [-0.39, 0.29) is 0 Å². The van der Waals surface area contributed by atoms with Crippen molar-refractivity contribution in [1.82, 2.24) is 5.32 Å². The van der Waals surface area contributed by atoms with Crippen LogP contribution in [0, 0.1) is 5.41 Å². The Bertz CT molecular complexity index is 178. The van der Waals surface area contributed by atoms with Crippen LogP contribution >= 0.6 is 0 Å². The zero-order valence-electron chi connectivity index (χ0n) is 11.3. The average molecular weight is 227 g/mol. The lowest BCUT2D eigenvalue weighted by Crippen LogP contribution is -2.37. The van der Waals surface area contributed by atoms with Crippen molar-refractivity contribution in [2.45, 2.75) is 64.8 Å². The number of hydrogen-bond acceptors (Lipinski definition) is 2. The highest BCUT2D eigenvalue weighted by atomic mass is 16.5. The Balaban J connectivity index is 2.20. The van der Waals surface area contributed by atoms with Gasteiger partial charge in [-0.15, -0.1) is 0 Å². The Labute approximate surface area is 101 Å². The maximum absolute atomic E-state index is 5.28. The van der Waals surface area contributed by atoms with Gasteiger partial charge in [0.1, 0.15) is 0 Å². The van der Waals surface area contributed by atoms with E-state index in [4.69, 9.17) is 4.74 Å². The number of nitrogens with one attached hydrogen (secondary N) is 1. The molecule has 2 nitrogen and oxygen atoms in total. The Morgan fingerprint density at radius 2 is 2.00 bits per heavy atom. The highest BCUT2D eigenvalue weighted by Gasteiger charge is 2.41. The van der Waals surface area contributed by atoms with Crippen LogP contribution in [0.1, 0.15) is 58.8 Å². The number of unbranched alkanes of at least 4 members (excludes halogenated alkanes) is 1. The maximum atomic E-state index is 5.28. The molecule has 0 aliphatic heterocycles. The Morgan fingerprint density at radius 1 is 1.25 bits per heavy atom. The summed E-state index contributed by atoms with van der Waals surface area (Å²) in [6.45, 7) is 6.62. The molecular formula is C14H29NO. The minimum absolute atomic E-state index is 0.569. The van der Waals surface area contributed by atoms with Gasteiger partial charge in [0, 0.05) is 19.7 Å². The van der Waals surface area contributed by atoms with Crippen LogP contribution in [0.5, 0.6) is 0 Å². The molecule has 1 fully saturated rings. The molecule has 96 valence electrons. The van der Waals surface area contributed by atoms with Crippen molar-refractivity contribution in [3.05, 3.63) is 0 Å². The minimum atomic E-state index is 0.569. The molecule has 1 aliphatic carbocycles. The number of ether oxygens (including phenoxy) is 1. The van der Waals surface area contributed by atoms with Gasteiger partial charge in [0.05, 0.1) is 6.61 Å². The summed E-state index contributed by atoms with van der Waals surface area (Å²) in [5.41, 5.74) is 0.660. The van der Waals surface area contributed by atoms with Crippen LogP contribution in [0.25, 0.3) is 0 Å². The third-order valence-corrected chi connectivity index (χ3v) is 3.78. The van der Waals surface area contributed by atoms with E-state index >= 15 is 0 Å². The van der Waals surface area contributed by atoms with Crippen LogP contribution in [0.2, 0.25) is 0 Å². The van der Waals surface area contributed by atoms with Gasteiger partial charge in [0.2, 0.25) is 0 Å². The van der Waals surface area contributed by atoms with Crippen LogP contribution in [0.3, 0.4) is 0 Å². The lowest BCUT2D eigenvalue weighted by atomic mass is 10.00. The monoisotopic (exact) mass is 227 g/mol. The minimum Gasteiger partial charge on any atom is -0.383 e. The van der Waals surface area contributed by atoms with Crippen molar-refractivity contribution >= 4 is 0 Å². The molecule has 1 atom stereocenters. The molecule has 0 aromatic rings. The van der Waals surface area contributed by atoms with Crippen LogP contribution < -0.4 is 5.32 Å². The van der Waals surface area contributed by atoms with Gasteiger partial charge in [-0.1, -0.05) is 33.1 Å². The van der Waals surface area contributed by atoms with Crippen molar-refractivity contribution in [2.75, 3.05) is 20.3 Å². The summed E-state index contributed by atoms with van der Waals surface area (Å²) in [6, 6.07) is 0.569. The predicted octanol–water partition coefficient (Wildman–Crippen LogP) is 3.36. The summed E-state index contributed by atoms with van der Waals surface area (Å²) >= 11 is 0. The fourth-order valence-electron chi connectivity index (χ4n) is 2.48. The fraction of sp³-hybridized carbons (Fsp3) is 1.00. The van der Waals surface area contributed by atoms with Crippen LogP contribution in [-0.4, -0.2) is 26.3 Å². The molecule has 1 aliphatic rings. The number of rotatable bonds is 10. The van der Waals surface area contributed by atoms with E-state index in [0.29, 0.717) is 11.5 Å². The third-order valence-electron chi connectivity index (χ3n) is 3.78. The lowest BCUT2D eigenvalue weighted by molar-refractivity contribution is 0.157. The molecule has 0 saturated heterocycles. The Morgan fingerprint density at radius 3 is 2.50 bits per heavy atom. The van der Waals surface area contributed by atoms with E-state index in [1.54, 1.807) is 7.11 Å². The first-order valence-electron chi connectivity index (χ1n) is 6.98. The van der Waals surface area contributed by atoms with Crippen molar-refractivity contribution in [2.24, 2.45) is 5.41 Å². The van der Waals surface area contributed by atoms with Crippen molar-refractivity contribution < 1.29 is 4.74 Å². The molecule has 0 spiro atoms. The second-order valence-electron chi connectivity index (χ2n) is 5.43. The van der Waals surface area contributed by atoms with Crippen LogP contribution in [-0.2, 0) is 4.74 Å². The molecule has 1 saturated carbocycles. The molecule has 0 heterocycles. The van der Waals surface area contributed by atoms with Crippen molar-refractivity contribution in [1.29, 1.82) is 0 Å². The van der Waals surface area contributed by atoms with Gasteiger partial charge in [-0.05, 0) is 31.1 Å². The first kappa shape index (κ1) is 14.0. The average Bonchev–Trinajstić information content (AvgIpc) is 3.03. The second kappa shape index (κ2) is 7.29. The molecule has 1 unspecified atom stereocenters. The SMILES string of the molecule is CCCCC(COC)NCC1(CCC)CC1. The first-order chi connectivity index (χ1) is 7.76. The van der Waals surface area contributed by atoms with Gasteiger partial charge in [-0.2, -0.15) is 0 Å². The third kappa shape index (κ3) is 4.84. The molecule has 0 aromatic heterocycles. The van der Waals surface area contributed by atoms with Crippen LogP contribution in [0.4, 0.5) is 0 Å². The summed E-state index contributed by atoms with van der Waals surface area (Å²) in [6.07, 6.45) is 9.43. The van der Waals surface area contributed by atoms with E-state index in [1.807, 2.05) is 0 Å². The second-order valence-corrected chi connectivity index (χ2v) is 5.43. The molecule has 1 N–H and O–H groups in total. The lowest BCUT2D eigenvalue weighted by Gasteiger charge is -2.22. The van der Waals surface area contributed by atoms with Gasteiger partial charge < -0.3 is 10.1 Å². The Kier molecular flexibility index (Phi) is 6.37. The summed E-state index contributed by atoms with van der Waals surface area (Å²) in [5, 5.41) is 3.72. The molecule has 0 bridgehead atoms. The summed E-state index contributed by atoms with van der Waals surface area (Å²) < 4.78 is 5.28. The molecule has 1 rings (SSSR count). The quantitative estimate of drug-likeness (QED) is 0.618. The molecule has 0 aromatic carbocycles. The summed E-state index contributed by atoms with van der Waals surface area (Å²) in [5.74, 6) is 0. The molecule has 0 amide bonds. The zero-order valence-corrected chi connectivity index (χ0v) is 11.3. The largest absolute Gasteiger partial charge is 0.383 e. The normalized spacial score (nSPS) is 19.7. The summed E-state index contributed by atoms with van der Waals surface area (Å²) in [7, 11) is 1.81. The van der Waals surface area contributed by atoms with Gasteiger partial charge in [0.25, 0.3) is 0 Å². The maximum Gasteiger partial charge on any atom is 0.0615 e. The van der Waals surface area contributed by atoms with E-state index in [1.165, 1.54) is 51.5 Å². The molecule has 16 heavy (non-hydrogen) atoms. The van der Waals surface area contributed by atoms with E-state index in [2.05, 4.69) is 19.2 Å².